The lowest BCUT2D eigenvalue weighted by Gasteiger charge is -2.32. The molecule has 0 saturated carbocycles. The predicted octanol–water partition coefficient (Wildman–Crippen LogP) is 1.38. The summed E-state index contributed by atoms with van der Waals surface area (Å²) in [4.78, 5) is 24.7. The maximum atomic E-state index is 12.2. The zero-order chi connectivity index (χ0) is 16.1. The summed E-state index contributed by atoms with van der Waals surface area (Å²) >= 11 is 0. The highest BCUT2D eigenvalue weighted by atomic mass is 16.5. The van der Waals surface area contributed by atoms with Crippen LogP contribution in [0.1, 0.15) is 17.5 Å². The van der Waals surface area contributed by atoms with Crippen LogP contribution in [0, 0.1) is 13.8 Å². The molecule has 0 aromatic heterocycles. The standard InChI is InChI=1S/C16H21NO5/c1-11-7-12(2)9-13(8-11)22-5-3-15(18)17-4-6-21-10-14(17)16(19)20/h7-9,14H,3-6,10H2,1-2H3,(H,19,20)/t14-/m0/s1. The summed E-state index contributed by atoms with van der Waals surface area (Å²) in [7, 11) is 0. The third-order valence-electron chi connectivity index (χ3n) is 3.51. The van der Waals surface area contributed by atoms with Gasteiger partial charge in [-0.3, -0.25) is 4.79 Å². The van der Waals surface area contributed by atoms with Crippen molar-refractivity contribution in [3.63, 3.8) is 0 Å². The molecule has 0 radical (unpaired) electrons. The minimum Gasteiger partial charge on any atom is -0.493 e. The fraction of sp³-hybridized carbons (Fsp3) is 0.500. The van der Waals surface area contributed by atoms with E-state index in [1.165, 1.54) is 4.90 Å². The summed E-state index contributed by atoms with van der Waals surface area (Å²) in [5.74, 6) is -0.537. The summed E-state index contributed by atoms with van der Waals surface area (Å²) in [6, 6.07) is 4.96. The van der Waals surface area contributed by atoms with E-state index >= 15 is 0 Å². The molecule has 1 saturated heterocycles. The molecule has 1 atom stereocenters. The molecule has 1 N–H and O–H groups in total. The van der Waals surface area contributed by atoms with E-state index in [9.17, 15) is 9.59 Å². The molecule has 6 heteroatoms. The van der Waals surface area contributed by atoms with Crippen LogP contribution in [0.5, 0.6) is 5.75 Å². The Kier molecular flexibility index (Phi) is 5.38. The molecule has 1 aliphatic rings. The lowest BCUT2D eigenvalue weighted by molar-refractivity contribution is -0.158. The number of nitrogens with zero attached hydrogens (tertiary/aromatic N) is 1. The van der Waals surface area contributed by atoms with Crippen LogP contribution in [0.4, 0.5) is 0 Å². The van der Waals surface area contributed by atoms with Gasteiger partial charge in [0.05, 0.1) is 26.2 Å². The van der Waals surface area contributed by atoms with Crippen molar-refractivity contribution in [2.45, 2.75) is 26.3 Å². The summed E-state index contributed by atoms with van der Waals surface area (Å²) in [6.45, 7) is 4.91. The van der Waals surface area contributed by atoms with Crippen molar-refractivity contribution in [3.05, 3.63) is 29.3 Å². The van der Waals surface area contributed by atoms with E-state index < -0.39 is 12.0 Å². The molecule has 1 aromatic carbocycles. The number of hydrogen-bond acceptors (Lipinski definition) is 4. The van der Waals surface area contributed by atoms with Crippen LogP contribution < -0.4 is 4.74 Å². The minimum atomic E-state index is -1.04. The fourth-order valence-corrected chi connectivity index (χ4v) is 2.52. The van der Waals surface area contributed by atoms with Gasteiger partial charge in [-0.1, -0.05) is 6.07 Å². The number of morpholine rings is 1. The van der Waals surface area contributed by atoms with Gasteiger partial charge in [0.15, 0.2) is 6.04 Å². The molecule has 6 nitrogen and oxygen atoms in total. The van der Waals surface area contributed by atoms with E-state index in [4.69, 9.17) is 14.6 Å². The second-order valence-electron chi connectivity index (χ2n) is 5.44. The van der Waals surface area contributed by atoms with Crippen LogP contribution in [0.3, 0.4) is 0 Å². The molecule has 1 aromatic rings. The Hall–Kier alpha value is -2.08. The number of carbonyl (C=O) groups is 2. The van der Waals surface area contributed by atoms with Crippen LogP contribution >= 0.6 is 0 Å². The molecule has 22 heavy (non-hydrogen) atoms. The maximum absolute atomic E-state index is 12.2. The van der Waals surface area contributed by atoms with Crippen molar-refractivity contribution in [1.82, 2.24) is 4.90 Å². The van der Waals surface area contributed by atoms with E-state index in [0.29, 0.717) is 13.2 Å². The van der Waals surface area contributed by atoms with Crippen molar-refractivity contribution >= 4 is 11.9 Å². The quantitative estimate of drug-likeness (QED) is 0.889. The van der Waals surface area contributed by atoms with Crippen LogP contribution in [-0.2, 0) is 14.3 Å². The lowest BCUT2D eigenvalue weighted by Crippen LogP contribution is -2.52. The normalized spacial score (nSPS) is 18.1. The van der Waals surface area contributed by atoms with Gasteiger partial charge in [0.2, 0.25) is 5.91 Å². The number of hydrogen-bond donors (Lipinski definition) is 1. The summed E-state index contributed by atoms with van der Waals surface area (Å²) < 4.78 is 10.7. The van der Waals surface area contributed by atoms with Crippen LogP contribution in [0.2, 0.25) is 0 Å². The Morgan fingerprint density at radius 1 is 1.32 bits per heavy atom. The molecule has 0 bridgehead atoms. The first-order valence-corrected chi connectivity index (χ1v) is 7.28. The molecular formula is C16H21NO5. The number of carboxylic acids is 1. The number of rotatable bonds is 5. The average Bonchev–Trinajstić information content (AvgIpc) is 2.46. The number of amides is 1. The average molecular weight is 307 g/mol. The molecule has 0 unspecified atom stereocenters. The highest BCUT2D eigenvalue weighted by Crippen LogP contribution is 2.17. The van der Waals surface area contributed by atoms with Gasteiger partial charge in [-0.15, -0.1) is 0 Å². The van der Waals surface area contributed by atoms with E-state index in [1.54, 1.807) is 0 Å². The highest BCUT2D eigenvalue weighted by Gasteiger charge is 2.32. The Balaban J connectivity index is 1.87. The van der Waals surface area contributed by atoms with Crippen molar-refractivity contribution in [3.8, 4) is 5.75 Å². The number of aryl methyl sites for hydroxylation is 2. The largest absolute Gasteiger partial charge is 0.493 e. The SMILES string of the molecule is Cc1cc(C)cc(OCCC(=O)N2CCOC[C@H]2C(=O)O)c1. The van der Waals surface area contributed by atoms with Crippen LogP contribution in [0.15, 0.2) is 18.2 Å². The first-order chi connectivity index (χ1) is 10.5. The zero-order valence-electron chi connectivity index (χ0n) is 12.9. The zero-order valence-corrected chi connectivity index (χ0v) is 12.9. The second kappa shape index (κ2) is 7.26. The Labute approximate surface area is 129 Å². The smallest absolute Gasteiger partial charge is 0.328 e. The van der Waals surface area contributed by atoms with Crippen molar-refractivity contribution in [1.29, 1.82) is 0 Å². The molecule has 1 aliphatic heterocycles. The molecule has 1 fully saturated rings. The Morgan fingerprint density at radius 3 is 2.64 bits per heavy atom. The van der Waals surface area contributed by atoms with E-state index in [-0.39, 0.29) is 25.5 Å². The Morgan fingerprint density at radius 2 is 2.00 bits per heavy atom. The highest BCUT2D eigenvalue weighted by molar-refractivity contribution is 5.84. The molecule has 120 valence electrons. The van der Waals surface area contributed by atoms with Gasteiger partial charge in [0, 0.05) is 6.54 Å². The maximum Gasteiger partial charge on any atom is 0.328 e. The van der Waals surface area contributed by atoms with Gasteiger partial charge in [-0.05, 0) is 37.1 Å². The molecule has 1 heterocycles. The lowest BCUT2D eigenvalue weighted by atomic mass is 10.1. The first-order valence-electron chi connectivity index (χ1n) is 7.28. The number of carboxylic acid groups (broad SMARTS) is 1. The van der Waals surface area contributed by atoms with Crippen LogP contribution in [-0.4, -0.2) is 54.3 Å². The predicted molar refractivity (Wildman–Crippen MR) is 80.0 cm³/mol. The van der Waals surface area contributed by atoms with E-state index in [2.05, 4.69) is 0 Å². The summed E-state index contributed by atoms with van der Waals surface area (Å²) in [6.07, 6.45) is 0.150. The summed E-state index contributed by atoms with van der Waals surface area (Å²) in [5, 5.41) is 9.12. The van der Waals surface area contributed by atoms with Gasteiger partial charge >= 0.3 is 5.97 Å². The van der Waals surface area contributed by atoms with E-state index in [1.807, 2.05) is 32.0 Å². The molecule has 0 spiro atoms. The number of ether oxygens (including phenoxy) is 2. The topological polar surface area (TPSA) is 76.1 Å². The molecule has 2 rings (SSSR count). The number of benzene rings is 1. The van der Waals surface area contributed by atoms with Gasteiger partial charge < -0.3 is 19.5 Å². The van der Waals surface area contributed by atoms with Crippen molar-refractivity contribution in [2.75, 3.05) is 26.4 Å². The monoisotopic (exact) mass is 307 g/mol. The number of carbonyl (C=O) groups excluding carboxylic acids is 1. The summed E-state index contributed by atoms with van der Waals surface area (Å²) in [5.41, 5.74) is 2.20. The Bertz CT molecular complexity index is 537. The van der Waals surface area contributed by atoms with Crippen molar-refractivity contribution in [2.24, 2.45) is 0 Å². The molecular weight excluding hydrogens is 286 g/mol. The van der Waals surface area contributed by atoms with E-state index in [0.717, 1.165) is 16.9 Å². The van der Waals surface area contributed by atoms with Gasteiger partial charge in [0.25, 0.3) is 0 Å². The van der Waals surface area contributed by atoms with Gasteiger partial charge in [-0.2, -0.15) is 0 Å². The van der Waals surface area contributed by atoms with Gasteiger partial charge in [0.1, 0.15) is 5.75 Å². The first kappa shape index (κ1) is 16.3. The van der Waals surface area contributed by atoms with Crippen molar-refractivity contribution < 1.29 is 24.2 Å². The van der Waals surface area contributed by atoms with Gasteiger partial charge in [-0.25, -0.2) is 4.79 Å². The fourth-order valence-electron chi connectivity index (χ4n) is 2.52. The minimum absolute atomic E-state index is 0.0407. The van der Waals surface area contributed by atoms with Crippen LogP contribution in [0.25, 0.3) is 0 Å². The third kappa shape index (κ3) is 4.21. The molecule has 0 aliphatic carbocycles. The third-order valence-corrected chi connectivity index (χ3v) is 3.51. The number of aliphatic carboxylic acids is 1. The molecule has 1 amide bonds. The second-order valence-corrected chi connectivity index (χ2v) is 5.44.